The summed E-state index contributed by atoms with van der Waals surface area (Å²) in [4.78, 5) is 21.1. The lowest BCUT2D eigenvalue weighted by atomic mass is 10.2. The van der Waals surface area contributed by atoms with Gasteiger partial charge < -0.3 is 5.32 Å². The number of rotatable bonds is 3. The number of halogens is 1. The van der Waals surface area contributed by atoms with Crippen molar-refractivity contribution in [3.63, 3.8) is 0 Å². The van der Waals surface area contributed by atoms with Gasteiger partial charge >= 0.3 is 0 Å². The van der Waals surface area contributed by atoms with Crippen LogP contribution < -0.4 is 5.32 Å². The van der Waals surface area contributed by atoms with E-state index in [4.69, 9.17) is 0 Å². The molecule has 6 heteroatoms. The molecule has 122 valence electrons. The number of carbonyl (C=O) groups excluding carboxylic acids is 1. The average molecular weight is 410 g/mol. The highest BCUT2D eigenvalue weighted by atomic mass is 79.9. The first kappa shape index (κ1) is 15.9. The van der Waals surface area contributed by atoms with E-state index in [-0.39, 0.29) is 5.91 Å². The third-order valence-corrected chi connectivity index (χ3v) is 5.15. The van der Waals surface area contributed by atoms with Crippen molar-refractivity contribution in [1.29, 1.82) is 0 Å². The summed E-state index contributed by atoms with van der Waals surface area (Å²) in [5, 5.41) is 3.84. The maximum Gasteiger partial charge on any atom is 0.257 e. The highest BCUT2D eigenvalue weighted by Gasteiger charge is 2.10. The van der Waals surface area contributed by atoms with Gasteiger partial charge in [-0.25, -0.2) is 4.98 Å². The van der Waals surface area contributed by atoms with Crippen molar-refractivity contribution in [2.45, 2.75) is 0 Å². The molecule has 4 rings (SSSR count). The van der Waals surface area contributed by atoms with Crippen molar-refractivity contribution >= 4 is 49.1 Å². The van der Waals surface area contributed by atoms with Crippen molar-refractivity contribution < 1.29 is 4.79 Å². The normalized spacial score (nSPS) is 10.8. The number of anilines is 1. The van der Waals surface area contributed by atoms with E-state index in [0.29, 0.717) is 5.56 Å². The van der Waals surface area contributed by atoms with Crippen molar-refractivity contribution in [1.82, 2.24) is 9.97 Å². The molecule has 2 aromatic heterocycles. The van der Waals surface area contributed by atoms with Crippen LogP contribution in [-0.4, -0.2) is 15.9 Å². The number of hydrogen-bond donors (Lipinski definition) is 1. The number of pyridine rings is 1. The van der Waals surface area contributed by atoms with Crippen LogP contribution in [0.4, 0.5) is 5.69 Å². The molecular formula is C19H12BrN3OS. The number of nitrogens with zero attached hydrogens (tertiary/aromatic N) is 2. The number of benzene rings is 2. The number of nitrogens with one attached hydrogen (secondary N) is 1. The fraction of sp³-hybridized carbons (Fsp3) is 0. The number of amides is 1. The summed E-state index contributed by atoms with van der Waals surface area (Å²) in [7, 11) is 0. The van der Waals surface area contributed by atoms with Gasteiger partial charge in [0.25, 0.3) is 5.91 Å². The Kier molecular flexibility index (Phi) is 4.29. The third-order valence-electron chi connectivity index (χ3n) is 3.63. The Morgan fingerprint density at radius 1 is 1.04 bits per heavy atom. The lowest BCUT2D eigenvalue weighted by molar-refractivity contribution is 0.102. The summed E-state index contributed by atoms with van der Waals surface area (Å²) < 4.78 is 1.91. The number of carbonyl (C=O) groups is 1. The highest BCUT2D eigenvalue weighted by Crippen LogP contribution is 2.31. The zero-order valence-electron chi connectivity index (χ0n) is 12.9. The van der Waals surface area contributed by atoms with Crippen molar-refractivity contribution in [3.05, 3.63) is 77.0 Å². The molecule has 0 radical (unpaired) electrons. The molecule has 0 atom stereocenters. The predicted molar refractivity (Wildman–Crippen MR) is 105 cm³/mol. The van der Waals surface area contributed by atoms with Gasteiger partial charge in [0.2, 0.25) is 0 Å². The van der Waals surface area contributed by atoms with E-state index < -0.39 is 0 Å². The second-order valence-electron chi connectivity index (χ2n) is 5.41. The molecule has 0 bridgehead atoms. The molecule has 4 nitrogen and oxygen atoms in total. The number of thiazole rings is 1. The van der Waals surface area contributed by atoms with Crippen LogP contribution in [0.2, 0.25) is 0 Å². The first-order chi connectivity index (χ1) is 12.2. The molecule has 0 fully saturated rings. The number of aromatic nitrogens is 2. The zero-order chi connectivity index (χ0) is 17.2. The van der Waals surface area contributed by atoms with Crippen LogP contribution >= 0.6 is 27.3 Å². The van der Waals surface area contributed by atoms with Gasteiger partial charge in [0.05, 0.1) is 15.8 Å². The molecule has 0 saturated heterocycles. The molecule has 0 aliphatic carbocycles. The van der Waals surface area contributed by atoms with Crippen LogP contribution in [0.25, 0.3) is 20.8 Å². The van der Waals surface area contributed by atoms with Crippen LogP contribution in [-0.2, 0) is 0 Å². The number of hydrogen-bond acceptors (Lipinski definition) is 4. The lowest BCUT2D eigenvalue weighted by Gasteiger charge is -2.06. The molecule has 25 heavy (non-hydrogen) atoms. The fourth-order valence-electron chi connectivity index (χ4n) is 2.46. The van der Waals surface area contributed by atoms with E-state index in [1.54, 1.807) is 23.6 Å². The van der Waals surface area contributed by atoms with Crippen LogP contribution in [0.1, 0.15) is 10.4 Å². The highest BCUT2D eigenvalue weighted by molar-refractivity contribution is 9.10. The number of fused-ring (bicyclic) bond motifs is 1. The van der Waals surface area contributed by atoms with Crippen molar-refractivity contribution in [2.24, 2.45) is 0 Å². The Balaban J connectivity index is 1.62. The summed E-state index contributed by atoms with van der Waals surface area (Å²) >= 11 is 4.96. The molecule has 0 saturated carbocycles. The van der Waals surface area contributed by atoms with Gasteiger partial charge in [0.1, 0.15) is 5.01 Å². The Morgan fingerprint density at radius 3 is 2.76 bits per heavy atom. The van der Waals surface area contributed by atoms with E-state index in [0.717, 1.165) is 30.9 Å². The van der Waals surface area contributed by atoms with Crippen LogP contribution in [0.5, 0.6) is 0 Å². The molecule has 0 spiro atoms. The SMILES string of the molecule is O=C(Nc1cccc(-c2nc3ccccc3s2)c1)c1cncc(Br)c1. The minimum absolute atomic E-state index is 0.199. The summed E-state index contributed by atoms with van der Waals surface area (Å²) in [5.74, 6) is -0.199. The van der Waals surface area contributed by atoms with Gasteiger partial charge in [-0.2, -0.15) is 0 Å². The second-order valence-corrected chi connectivity index (χ2v) is 7.36. The molecule has 2 heterocycles. The Labute approximate surface area is 156 Å². The van der Waals surface area contributed by atoms with E-state index in [1.165, 1.54) is 6.20 Å². The fourth-order valence-corrected chi connectivity index (χ4v) is 3.79. The Hall–Kier alpha value is -2.57. The van der Waals surface area contributed by atoms with Gasteiger partial charge in [-0.1, -0.05) is 24.3 Å². The minimum Gasteiger partial charge on any atom is -0.322 e. The molecule has 0 unspecified atom stereocenters. The third kappa shape index (κ3) is 3.45. The maximum absolute atomic E-state index is 12.4. The Bertz CT molecular complexity index is 1040. The first-order valence-electron chi connectivity index (χ1n) is 7.57. The first-order valence-corrected chi connectivity index (χ1v) is 9.18. The molecule has 1 amide bonds. The van der Waals surface area contributed by atoms with Gasteiger partial charge in [-0.3, -0.25) is 9.78 Å². The monoisotopic (exact) mass is 409 g/mol. The molecule has 0 aliphatic heterocycles. The molecule has 4 aromatic rings. The van der Waals surface area contributed by atoms with Gasteiger partial charge in [0.15, 0.2) is 0 Å². The molecular weight excluding hydrogens is 398 g/mol. The van der Waals surface area contributed by atoms with Crippen LogP contribution in [0.3, 0.4) is 0 Å². The van der Waals surface area contributed by atoms with Gasteiger partial charge in [-0.05, 0) is 46.3 Å². The quantitative estimate of drug-likeness (QED) is 0.494. The lowest BCUT2D eigenvalue weighted by Crippen LogP contribution is -2.12. The summed E-state index contributed by atoms with van der Waals surface area (Å²) in [6, 6.07) is 17.5. The maximum atomic E-state index is 12.4. The minimum atomic E-state index is -0.199. The number of para-hydroxylation sites is 1. The summed E-state index contributed by atoms with van der Waals surface area (Å²) in [6.07, 6.45) is 3.18. The smallest absolute Gasteiger partial charge is 0.257 e. The predicted octanol–water partition coefficient (Wildman–Crippen LogP) is 5.37. The average Bonchev–Trinajstić information content (AvgIpc) is 3.06. The van der Waals surface area contributed by atoms with Crippen LogP contribution in [0.15, 0.2) is 71.5 Å². The van der Waals surface area contributed by atoms with E-state index >= 15 is 0 Å². The molecule has 0 aliphatic rings. The topological polar surface area (TPSA) is 54.9 Å². The summed E-state index contributed by atoms with van der Waals surface area (Å²) in [6.45, 7) is 0. The molecule has 2 aromatic carbocycles. The van der Waals surface area contributed by atoms with Crippen molar-refractivity contribution in [2.75, 3.05) is 5.32 Å². The van der Waals surface area contributed by atoms with E-state index in [1.807, 2.05) is 42.5 Å². The summed E-state index contributed by atoms with van der Waals surface area (Å²) in [5.41, 5.74) is 3.19. The molecule has 1 N–H and O–H groups in total. The van der Waals surface area contributed by atoms with Crippen LogP contribution in [0, 0.1) is 0 Å². The van der Waals surface area contributed by atoms with Gasteiger partial charge in [0, 0.05) is 28.1 Å². The zero-order valence-corrected chi connectivity index (χ0v) is 15.3. The van der Waals surface area contributed by atoms with Crippen molar-refractivity contribution in [3.8, 4) is 10.6 Å². The van der Waals surface area contributed by atoms with Gasteiger partial charge in [-0.15, -0.1) is 11.3 Å². The Morgan fingerprint density at radius 2 is 1.92 bits per heavy atom. The largest absolute Gasteiger partial charge is 0.322 e. The van der Waals surface area contributed by atoms with E-state index in [9.17, 15) is 4.79 Å². The second kappa shape index (κ2) is 6.74. The standard InChI is InChI=1S/C19H12BrN3OS/c20-14-8-13(10-21-11-14)18(24)22-15-5-3-4-12(9-15)19-23-16-6-1-2-7-17(16)25-19/h1-11H,(H,22,24). The van der Waals surface area contributed by atoms with E-state index in [2.05, 4.69) is 37.3 Å².